The maximum absolute atomic E-state index is 12.9. The fourth-order valence-corrected chi connectivity index (χ4v) is 5.16. The fraction of sp³-hybridized carbons (Fsp3) is 0.609. The maximum Gasteiger partial charge on any atom is 0.338 e. The second-order valence-electron chi connectivity index (χ2n) is 9.12. The Hall–Kier alpha value is -2.05. The van der Waals surface area contributed by atoms with Crippen LogP contribution < -0.4 is 4.74 Å². The Balaban J connectivity index is 1.97. The zero-order chi connectivity index (χ0) is 21.6. The topological polar surface area (TPSA) is 96.2 Å². The molecular formula is C23H32O6. The average Bonchev–Trinajstić information content (AvgIpc) is 2.90. The van der Waals surface area contributed by atoms with Crippen LogP contribution in [0.2, 0.25) is 0 Å². The summed E-state index contributed by atoms with van der Waals surface area (Å²) in [7, 11) is 1.41. The minimum atomic E-state index is -1.04. The van der Waals surface area contributed by atoms with Gasteiger partial charge in [0.05, 0.1) is 24.4 Å². The highest BCUT2D eigenvalue weighted by Crippen LogP contribution is 2.58. The smallest absolute Gasteiger partial charge is 0.338 e. The zero-order valence-corrected chi connectivity index (χ0v) is 17.8. The lowest BCUT2D eigenvalue weighted by Gasteiger charge is -2.44. The van der Waals surface area contributed by atoms with Crippen molar-refractivity contribution >= 4 is 5.97 Å². The molecule has 160 valence electrons. The summed E-state index contributed by atoms with van der Waals surface area (Å²) in [5, 5.41) is 32.2. The molecule has 2 aliphatic carbocycles. The first-order valence-corrected chi connectivity index (χ1v) is 10.2. The Morgan fingerprint density at radius 2 is 1.97 bits per heavy atom. The number of carbonyl (C=O) groups excluding carboxylic acids is 1. The molecule has 1 aromatic rings. The van der Waals surface area contributed by atoms with E-state index in [1.54, 1.807) is 0 Å². The number of hydrogen-bond donors (Lipinski definition) is 3. The van der Waals surface area contributed by atoms with Crippen LogP contribution in [0, 0.1) is 17.3 Å². The maximum atomic E-state index is 12.9. The lowest BCUT2D eigenvalue weighted by molar-refractivity contribution is -0.127. The van der Waals surface area contributed by atoms with Crippen LogP contribution in [0.1, 0.15) is 57.3 Å². The van der Waals surface area contributed by atoms with Crippen molar-refractivity contribution in [3.8, 4) is 11.5 Å². The van der Waals surface area contributed by atoms with Crippen LogP contribution in [-0.4, -0.2) is 46.2 Å². The summed E-state index contributed by atoms with van der Waals surface area (Å²) in [5.74, 6) is -0.858. The monoisotopic (exact) mass is 404 g/mol. The predicted octanol–water partition coefficient (Wildman–Crippen LogP) is 3.44. The van der Waals surface area contributed by atoms with Crippen LogP contribution >= 0.6 is 0 Å². The van der Waals surface area contributed by atoms with E-state index in [0.717, 1.165) is 5.57 Å². The number of rotatable bonds is 4. The molecule has 2 aliphatic rings. The van der Waals surface area contributed by atoms with Crippen molar-refractivity contribution < 1.29 is 29.6 Å². The van der Waals surface area contributed by atoms with Gasteiger partial charge in [-0.1, -0.05) is 32.4 Å². The van der Waals surface area contributed by atoms with E-state index in [-0.39, 0.29) is 23.0 Å². The Labute approximate surface area is 172 Å². The van der Waals surface area contributed by atoms with Gasteiger partial charge in [0.2, 0.25) is 0 Å². The molecule has 3 N–H and O–H groups in total. The summed E-state index contributed by atoms with van der Waals surface area (Å²) in [6, 6.07) is 4.31. The molecule has 0 spiro atoms. The summed E-state index contributed by atoms with van der Waals surface area (Å²) in [6.45, 7) is 7.81. The highest BCUT2D eigenvalue weighted by molar-refractivity contribution is 5.90. The van der Waals surface area contributed by atoms with Gasteiger partial charge in [-0.05, 0) is 43.9 Å². The van der Waals surface area contributed by atoms with Crippen LogP contribution in [0.25, 0.3) is 0 Å². The van der Waals surface area contributed by atoms with Gasteiger partial charge in [0.25, 0.3) is 0 Å². The third-order valence-electron chi connectivity index (χ3n) is 7.00. The van der Waals surface area contributed by atoms with Crippen LogP contribution in [0.3, 0.4) is 0 Å². The number of hydrogen-bond acceptors (Lipinski definition) is 6. The largest absolute Gasteiger partial charge is 0.504 e. The molecule has 1 saturated carbocycles. The Bertz CT molecular complexity index is 816. The molecular weight excluding hydrogens is 372 g/mol. The SMILES string of the molecule is COc1cc(C(=O)O[C@H]2CC(C)=C[C@H](O)[C@@]3(C)CC[C@@](O)(C(C)C)[C@H]23)ccc1O. The molecule has 3 rings (SSSR count). The number of phenolic OH excluding ortho intramolecular Hbond substituents is 1. The first kappa shape index (κ1) is 21.7. The molecule has 1 aromatic carbocycles. The van der Waals surface area contributed by atoms with Crippen molar-refractivity contribution in [1.82, 2.24) is 0 Å². The van der Waals surface area contributed by atoms with E-state index in [1.165, 1.54) is 25.3 Å². The molecule has 0 saturated heterocycles. The molecule has 1 fully saturated rings. The van der Waals surface area contributed by atoms with E-state index < -0.39 is 35.1 Å². The van der Waals surface area contributed by atoms with Gasteiger partial charge >= 0.3 is 5.97 Å². The first-order valence-electron chi connectivity index (χ1n) is 10.2. The number of methoxy groups -OCH3 is 1. The lowest BCUT2D eigenvalue weighted by atomic mass is 9.66. The normalized spacial score (nSPS) is 34.3. The molecule has 0 aromatic heterocycles. The van der Waals surface area contributed by atoms with E-state index in [1.807, 2.05) is 33.8 Å². The lowest BCUT2D eigenvalue weighted by Crippen LogP contribution is -2.52. The number of esters is 1. The Kier molecular flexibility index (Phi) is 5.71. The number of benzene rings is 1. The van der Waals surface area contributed by atoms with E-state index in [4.69, 9.17) is 9.47 Å². The minimum absolute atomic E-state index is 0.0464. The highest BCUT2D eigenvalue weighted by Gasteiger charge is 2.61. The van der Waals surface area contributed by atoms with Gasteiger partial charge in [-0.25, -0.2) is 4.79 Å². The third kappa shape index (κ3) is 3.64. The van der Waals surface area contributed by atoms with Crippen molar-refractivity contribution in [3.05, 3.63) is 35.4 Å². The molecule has 0 radical (unpaired) electrons. The van der Waals surface area contributed by atoms with E-state index in [2.05, 4.69) is 0 Å². The van der Waals surface area contributed by atoms with Crippen LogP contribution in [0.4, 0.5) is 0 Å². The number of ether oxygens (including phenoxy) is 2. The van der Waals surface area contributed by atoms with Crippen LogP contribution in [-0.2, 0) is 4.74 Å². The number of aliphatic hydroxyl groups is 2. The van der Waals surface area contributed by atoms with Crippen molar-refractivity contribution in [2.75, 3.05) is 7.11 Å². The first-order chi connectivity index (χ1) is 13.5. The number of fused-ring (bicyclic) bond motifs is 1. The Morgan fingerprint density at radius 3 is 2.59 bits per heavy atom. The molecule has 0 amide bonds. The molecule has 0 heterocycles. The molecule has 29 heavy (non-hydrogen) atoms. The summed E-state index contributed by atoms with van der Waals surface area (Å²) in [4.78, 5) is 12.9. The van der Waals surface area contributed by atoms with Gasteiger partial charge in [-0.2, -0.15) is 0 Å². The summed E-state index contributed by atoms with van der Waals surface area (Å²) in [5.41, 5.74) is -0.431. The molecule has 0 unspecified atom stereocenters. The Morgan fingerprint density at radius 1 is 1.28 bits per heavy atom. The summed E-state index contributed by atoms with van der Waals surface area (Å²) >= 11 is 0. The van der Waals surface area contributed by atoms with Crippen molar-refractivity contribution in [1.29, 1.82) is 0 Å². The molecule has 5 atom stereocenters. The third-order valence-corrected chi connectivity index (χ3v) is 7.00. The van der Waals surface area contributed by atoms with Crippen molar-refractivity contribution in [2.24, 2.45) is 17.3 Å². The highest BCUT2D eigenvalue weighted by atomic mass is 16.5. The number of aromatic hydroxyl groups is 1. The predicted molar refractivity (Wildman–Crippen MR) is 109 cm³/mol. The van der Waals surface area contributed by atoms with E-state index in [0.29, 0.717) is 19.3 Å². The van der Waals surface area contributed by atoms with Gasteiger partial charge in [-0.3, -0.25) is 0 Å². The molecule has 6 heteroatoms. The summed E-state index contributed by atoms with van der Waals surface area (Å²) < 4.78 is 11.0. The number of carbonyl (C=O) groups is 1. The van der Waals surface area contributed by atoms with E-state index >= 15 is 0 Å². The van der Waals surface area contributed by atoms with Crippen molar-refractivity contribution in [3.63, 3.8) is 0 Å². The van der Waals surface area contributed by atoms with Gasteiger partial charge in [0, 0.05) is 17.8 Å². The standard InChI is InChI=1S/C23H32O6/c1-13(2)23(27)9-8-22(4)19(25)11-14(3)10-18(20(22)23)29-21(26)15-6-7-16(24)17(12-15)28-5/h6-7,11-13,18-20,24-25,27H,8-10H2,1-5H3/t18-,19-,20+,22+,23+/m0/s1. The molecule has 0 aliphatic heterocycles. The van der Waals surface area contributed by atoms with Gasteiger partial charge in [0.1, 0.15) is 6.10 Å². The fourth-order valence-electron chi connectivity index (χ4n) is 5.16. The minimum Gasteiger partial charge on any atom is -0.504 e. The molecule has 0 bridgehead atoms. The summed E-state index contributed by atoms with van der Waals surface area (Å²) in [6.07, 6.45) is 2.20. The second-order valence-corrected chi connectivity index (χ2v) is 9.12. The average molecular weight is 405 g/mol. The second kappa shape index (κ2) is 7.65. The van der Waals surface area contributed by atoms with E-state index in [9.17, 15) is 20.1 Å². The zero-order valence-electron chi connectivity index (χ0n) is 17.8. The number of phenols is 1. The number of aliphatic hydroxyl groups excluding tert-OH is 1. The quantitative estimate of drug-likeness (QED) is 0.525. The van der Waals surface area contributed by atoms with Gasteiger partial charge < -0.3 is 24.8 Å². The van der Waals surface area contributed by atoms with Crippen LogP contribution in [0.15, 0.2) is 29.8 Å². The van der Waals surface area contributed by atoms with Crippen molar-refractivity contribution in [2.45, 2.75) is 64.8 Å². The van der Waals surface area contributed by atoms with Crippen LogP contribution in [0.5, 0.6) is 11.5 Å². The molecule has 6 nitrogen and oxygen atoms in total. The van der Waals surface area contributed by atoms with Gasteiger partial charge in [0.15, 0.2) is 11.5 Å². The van der Waals surface area contributed by atoms with Gasteiger partial charge in [-0.15, -0.1) is 0 Å².